The van der Waals surface area contributed by atoms with Crippen LogP contribution in [0.1, 0.15) is 6.23 Å². The summed E-state index contributed by atoms with van der Waals surface area (Å²) in [6.45, 7) is -0.421. The fraction of sp³-hybridized carbons (Fsp3) is 0.500. The van der Waals surface area contributed by atoms with E-state index >= 15 is 0 Å². The third-order valence-electron chi connectivity index (χ3n) is 3.16. The van der Waals surface area contributed by atoms with Crippen molar-refractivity contribution in [3.63, 3.8) is 0 Å². The van der Waals surface area contributed by atoms with E-state index < -0.39 is 36.7 Å². The minimum Gasteiger partial charge on any atom is -0.394 e. The Hall–Kier alpha value is -0.875. The number of aliphatic hydroxyl groups is 3. The largest absolute Gasteiger partial charge is 0.394 e. The molecular weight excluding hydrogens is 457 g/mol. The number of aromatic amines is 1. The van der Waals surface area contributed by atoms with Crippen molar-refractivity contribution in [3.05, 3.63) is 23.0 Å². The van der Waals surface area contributed by atoms with Crippen LogP contribution < -0.4 is 5.56 Å². The van der Waals surface area contributed by atoms with E-state index in [1.165, 1.54) is 17.2 Å². The van der Waals surface area contributed by atoms with Gasteiger partial charge in [-0.2, -0.15) is 0 Å². The number of fused-ring (bicyclic) bond motifs is 1. The summed E-state index contributed by atoms with van der Waals surface area (Å²) in [4.78, 5) is 21.8. The molecule has 20 heavy (non-hydrogen) atoms. The van der Waals surface area contributed by atoms with Gasteiger partial charge in [-0.25, -0.2) is 9.97 Å². The van der Waals surface area contributed by atoms with E-state index in [9.17, 15) is 15.0 Å². The monoisotopic (exact) mass is 470 g/mol. The molecule has 2 aromatic rings. The molecule has 0 radical (unpaired) electrons. The van der Waals surface area contributed by atoms with Gasteiger partial charge in [0.15, 0.2) is 17.4 Å². The number of nitrogens with one attached hydrogen (secondary N) is 1. The van der Waals surface area contributed by atoms with E-state index in [0.717, 1.165) is 0 Å². The van der Waals surface area contributed by atoms with Gasteiger partial charge in [-0.05, 0) is 0 Å². The minimum absolute atomic E-state index is 0. The van der Waals surface area contributed by atoms with E-state index in [4.69, 9.17) is 9.84 Å². The molecule has 4 N–H and O–H groups in total. The Bertz CT molecular complexity index is 658. The van der Waals surface area contributed by atoms with Crippen molar-refractivity contribution in [1.29, 1.82) is 0 Å². The summed E-state index contributed by atoms with van der Waals surface area (Å²) in [7, 11) is 0. The Balaban J connectivity index is 0.00000147. The Labute approximate surface area is 132 Å². The molecule has 104 valence electrons. The molecule has 0 aliphatic carbocycles. The molecule has 0 saturated carbocycles. The molecule has 3 heterocycles. The zero-order valence-electron chi connectivity index (χ0n) is 10.4. The van der Waals surface area contributed by atoms with Gasteiger partial charge < -0.3 is 25.0 Å². The molecule has 1 fully saturated rings. The number of hydrogen-bond acceptors (Lipinski definition) is 7. The Kier molecular flexibility index (Phi) is 4.54. The van der Waals surface area contributed by atoms with Crippen molar-refractivity contribution in [2.24, 2.45) is 0 Å². The van der Waals surface area contributed by atoms with Gasteiger partial charge in [0.2, 0.25) is 0 Å². The van der Waals surface area contributed by atoms with E-state index in [1.54, 1.807) is 0 Å². The second kappa shape index (κ2) is 5.86. The van der Waals surface area contributed by atoms with E-state index in [2.05, 4.69) is 15.0 Å². The van der Waals surface area contributed by atoms with Crippen LogP contribution in [0.3, 0.4) is 0 Å². The quantitative estimate of drug-likeness (QED) is 0.365. The molecule has 1 aliphatic rings. The Morgan fingerprint density at radius 1 is 1.35 bits per heavy atom. The standard InChI is InChI=1S/C10H12N4O5.Hg/c15-1-4-6(16)7(17)10(19-4)14-3-13-5-8(14)11-2-12-9(5)18;/h2-4,6-7,10,15-17H,1H2,(H,11,12,18);/t4-,6-,7-,10-;/m1./s1. The molecule has 9 nitrogen and oxygen atoms in total. The molecular formula is C10H12HgN4O5. The van der Waals surface area contributed by atoms with Crippen molar-refractivity contribution in [2.45, 2.75) is 24.5 Å². The number of imidazole rings is 1. The number of nitrogens with zero attached hydrogens (tertiary/aromatic N) is 3. The maximum Gasteiger partial charge on any atom is 0.278 e. The number of hydrogen-bond donors (Lipinski definition) is 4. The van der Waals surface area contributed by atoms with Gasteiger partial charge in [-0.15, -0.1) is 0 Å². The summed E-state index contributed by atoms with van der Waals surface area (Å²) >= 11 is 0. The zero-order valence-corrected chi connectivity index (χ0v) is 15.9. The normalized spacial score (nSPS) is 29.6. The first kappa shape index (κ1) is 15.5. The van der Waals surface area contributed by atoms with E-state index in [1.807, 2.05) is 0 Å². The first-order valence-electron chi connectivity index (χ1n) is 5.66. The predicted molar refractivity (Wildman–Crippen MR) is 61.2 cm³/mol. The summed E-state index contributed by atoms with van der Waals surface area (Å²) < 4.78 is 6.70. The summed E-state index contributed by atoms with van der Waals surface area (Å²) in [5.74, 6) is 0. The average Bonchev–Trinajstić information content (AvgIpc) is 2.94. The molecule has 4 atom stereocenters. The third-order valence-corrected chi connectivity index (χ3v) is 3.16. The van der Waals surface area contributed by atoms with Crippen LogP contribution in [0.2, 0.25) is 0 Å². The van der Waals surface area contributed by atoms with E-state index in [0.29, 0.717) is 0 Å². The molecule has 0 bridgehead atoms. The maximum atomic E-state index is 11.5. The fourth-order valence-corrected chi connectivity index (χ4v) is 2.16. The second-order valence-corrected chi connectivity index (χ2v) is 4.28. The Morgan fingerprint density at radius 2 is 2.10 bits per heavy atom. The van der Waals surface area contributed by atoms with Crippen molar-refractivity contribution in [1.82, 2.24) is 19.5 Å². The number of aliphatic hydroxyl groups excluding tert-OH is 3. The first-order valence-corrected chi connectivity index (χ1v) is 5.66. The molecule has 0 aromatic carbocycles. The second-order valence-electron chi connectivity index (χ2n) is 4.28. The van der Waals surface area contributed by atoms with Crippen LogP contribution in [0, 0.1) is 0 Å². The molecule has 10 heteroatoms. The van der Waals surface area contributed by atoms with Crippen LogP contribution in [0.5, 0.6) is 0 Å². The molecule has 0 amide bonds. The van der Waals surface area contributed by atoms with Crippen LogP contribution in [0.4, 0.5) is 0 Å². The van der Waals surface area contributed by atoms with Crippen LogP contribution >= 0.6 is 0 Å². The smallest absolute Gasteiger partial charge is 0.278 e. The topological polar surface area (TPSA) is 133 Å². The summed E-state index contributed by atoms with van der Waals surface area (Å²) in [6.07, 6.45) is -1.78. The van der Waals surface area contributed by atoms with Gasteiger partial charge in [-0.1, -0.05) is 0 Å². The third kappa shape index (κ3) is 2.29. The van der Waals surface area contributed by atoms with Gasteiger partial charge in [0.25, 0.3) is 5.56 Å². The maximum absolute atomic E-state index is 11.5. The van der Waals surface area contributed by atoms with Gasteiger partial charge in [-0.3, -0.25) is 9.36 Å². The molecule has 0 unspecified atom stereocenters. The van der Waals surface area contributed by atoms with Crippen LogP contribution in [-0.2, 0) is 32.4 Å². The first-order chi connectivity index (χ1) is 9.13. The fourth-order valence-electron chi connectivity index (χ4n) is 2.16. The van der Waals surface area contributed by atoms with Crippen molar-refractivity contribution < 1.29 is 47.7 Å². The number of rotatable bonds is 2. The van der Waals surface area contributed by atoms with Crippen molar-refractivity contribution in [2.75, 3.05) is 6.61 Å². The van der Waals surface area contributed by atoms with Crippen molar-refractivity contribution in [3.8, 4) is 0 Å². The molecule has 3 rings (SSSR count). The number of H-pyrrole nitrogens is 1. The van der Waals surface area contributed by atoms with Crippen LogP contribution in [0.15, 0.2) is 17.4 Å². The molecule has 1 saturated heterocycles. The minimum atomic E-state index is -1.24. The number of aromatic nitrogens is 4. The predicted octanol–water partition coefficient (Wildman–Crippen LogP) is -2.27. The molecule has 2 aromatic heterocycles. The summed E-state index contributed by atoms with van der Waals surface area (Å²) in [6, 6.07) is 0. The van der Waals surface area contributed by atoms with Crippen LogP contribution in [0.25, 0.3) is 11.2 Å². The van der Waals surface area contributed by atoms with Crippen molar-refractivity contribution >= 4 is 11.2 Å². The average molecular weight is 469 g/mol. The Morgan fingerprint density at radius 3 is 2.75 bits per heavy atom. The summed E-state index contributed by atoms with van der Waals surface area (Å²) in [5, 5.41) is 28.6. The number of ether oxygens (including phenoxy) is 1. The summed E-state index contributed by atoms with van der Waals surface area (Å²) in [5.41, 5.74) is -0.0608. The SMILES string of the molecule is O=c1[nH]cnc2c1ncn2[C@@H]1O[C@H](CO)[C@@H](O)[C@H]1O.[Hg]. The van der Waals surface area contributed by atoms with E-state index in [-0.39, 0.29) is 38.8 Å². The zero-order chi connectivity index (χ0) is 13.6. The van der Waals surface area contributed by atoms with Gasteiger partial charge in [0.1, 0.15) is 18.3 Å². The molecule has 0 spiro atoms. The van der Waals surface area contributed by atoms with Crippen LogP contribution in [-0.4, -0.2) is 59.8 Å². The van der Waals surface area contributed by atoms with Gasteiger partial charge >= 0.3 is 0 Å². The van der Waals surface area contributed by atoms with Gasteiger partial charge in [0.05, 0.1) is 19.3 Å². The van der Waals surface area contributed by atoms with Gasteiger partial charge in [0, 0.05) is 27.7 Å². The molecule has 1 aliphatic heterocycles.